The lowest BCUT2D eigenvalue weighted by Crippen LogP contribution is -2.37. The number of hydrogen-bond donors (Lipinski definition) is 1. The second-order valence-corrected chi connectivity index (χ2v) is 5.22. The van der Waals surface area contributed by atoms with Crippen molar-refractivity contribution in [2.75, 3.05) is 27.2 Å². The summed E-state index contributed by atoms with van der Waals surface area (Å²) < 4.78 is 0. The van der Waals surface area contributed by atoms with Crippen molar-refractivity contribution in [3.05, 3.63) is 30.1 Å². The number of pyridine rings is 1. The number of rotatable bonds is 6. The molecule has 0 bridgehead atoms. The molecule has 0 aliphatic carbocycles. The molecule has 0 unspecified atom stereocenters. The summed E-state index contributed by atoms with van der Waals surface area (Å²) in [7, 11) is 4.17. The van der Waals surface area contributed by atoms with Crippen LogP contribution in [0.3, 0.4) is 0 Å². The van der Waals surface area contributed by atoms with Gasteiger partial charge in [0, 0.05) is 32.0 Å². The van der Waals surface area contributed by atoms with E-state index in [0.29, 0.717) is 5.41 Å². The number of nitrogens with one attached hydrogen (secondary N) is 1. The minimum atomic E-state index is 0.302. The third kappa shape index (κ3) is 4.73. The second kappa shape index (κ2) is 5.97. The molecule has 16 heavy (non-hydrogen) atoms. The van der Waals surface area contributed by atoms with E-state index in [1.165, 1.54) is 5.56 Å². The lowest BCUT2D eigenvalue weighted by molar-refractivity contribution is 0.201. The standard InChI is InChI=1S/C13H23N3/c1-13(2,10-14-3)11-16(4)9-12-5-7-15-8-6-12/h5-8,14H,9-11H2,1-4H3. The van der Waals surface area contributed by atoms with Crippen LogP contribution in [0.2, 0.25) is 0 Å². The summed E-state index contributed by atoms with van der Waals surface area (Å²) in [6.45, 7) is 7.67. The molecule has 0 radical (unpaired) electrons. The number of aromatic nitrogens is 1. The van der Waals surface area contributed by atoms with Gasteiger partial charge in [-0.05, 0) is 37.2 Å². The summed E-state index contributed by atoms with van der Waals surface area (Å²) in [4.78, 5) is 6.38. The molecule has 1 aromatic heterocycles. The van der Waals surface area contributed by atoms with Crippen LogP contribution in [0.15, 0.2) is 24.5 Å². The first-order valence-electron chi connectivity index (χ1n) is 5.75. The van der Waals surface area contributed by atoms with Gasteiger partial charge in [0.15, 0.2) is 0 Å². The van der Waals surface area contributed by atoms with Crippen LogP contribution in [0.25, 0.3) is 0 Å². The first-order valence-corrected chi connectivity index (χ1v) is 5.75. The second-order valence-electron chi connectivity index (χ2n) is 5.22. The molecule has 0 saturated carbocycles. The lowest BCUT2D eigenvalue weighted by atomic mass is 9.93. The van der Waals surface area contributed by atoms with Crippen molar-refractivity contribution in [3.8, 4) is 0 Å². The van der Waals surface area contributed by atoms with Gasteiger partial charge in [-0.3, -0.25) is 4.98 Å². The Labute approximate surface area is 98.9 Å². The van der Waals surface area contributed by atoms with E-state index in [1.807, 2.05) is 19.4 Å². The molecule has 0 fully saturated rings. The van der Waals surface area contributed by atoms with E-state index in [1.54, 1.807) is 0 Å². The van der Waals surface area contributed by atoms with Crippen molar-refractivity contribution < 1.29 is 0 Å². The van der Waals surface area contributed by atoms with Crippen LogP contribution in [0.4, 0.5) is 0 Å². The number of hydrogen-bond acceptors (Lipinski definition) is 3. The van der Waals surface area contributed by atoms with Gasteiger partial charge < -0.3 is 10.2 Å². The molecule has 0 spiro atoms. The fourth-order valence-corrected chi connectivity index (χ4v) is 2.12. The highest BCUT2D eigenvalue weighted by Gasteiger charge is 2.18. The zero-order valence-corrected chi connectivity index (χ0v) is 10.8. The van der Waals surface area contributed by atoms with Gasteiger partial charge in [0.05, 0.1) is 0 Å². The maximum atomic E-state index is 4.03. The molecule has 0 aliphatic heterocycles. The molecule has 90 valence electrons. The Kier molecular flexibility index (Phi) is 4.90. The minimum Gasteiger partial charge on any atom is -0.319 e. The predicted octanol–water partition coefficient (Wildman–Crippen LogP) is 1.76. The molecule has 1 aromatic rings. The van der Waals surface area contributed by atoms with E-state index in [4.69, 9.17) is 0 Å². The van der Waals surface area contributed by atoms with Crippen molar-refractivity contribution in [2.24, 2.45) is 5.41 Å². The van der Waals surface area contributed by atoms with Crippen LogP contribution < -0.4 is 5.32 Å². The van der Waals surface area contributed by atoms with Crippen molar-refractivity contribution in [2.45, 2.75) is 20.4 Å². The van der Waals surface area contributed by atoms with E-state index in [-0.39, 0.29) is 0 Å². The zero-order valence-electron chi connectivity index (χ0n) is 10.8. The molecule has 1 rings (SSSR count). The van der Waals surface area contributed by atoms with Crippen LogP contribution in [-0.4, -0.2) is 37.1 Å². The van der Waals surface area contributed by atoms with Crippen molar-refractivity contribution in [1.29, 1.82) is 0 Å². The Morgan fingerprint density at radius 3 is 2.50 bits per heavy atom. The molecule has 1 heterocycles. The average molecular weight is 221 g/mol. The van der Waals surface area contributed by atoms with Crippen LogP contribution in [0.1, 0.15) is 19.4 Å². The topological polar surface area (TPSA) is 28.2 Å². The molecule has 0 atom stereocenters. The van der Waals surface area contributed by atoms with E-state index in [9.17, 15) is 0 Å². The highest BCUT2D eigenvalue weighted by Crippen LogP contribution is 2.16. The van der Waals surface area contributed by atoms with Gasteiger partial charge in [-0.2, -0.15) is 0 Å². The van der Waals surface area contributed by atoms with Gasteiger partial charge in [-0.1, -0.05) is 13.8 Å². The number of nitrogens with zero attached hydrogens (tertiary/aromatic N) is 2. The summed E-state index contributed by atoms with van der Waals surface area (Å²) in [5.41, 5.74) is 1.62. The summed E-state index contributed by atoms with van der Waals surface area (Å²) in [5.74, 6) is 0. The van der Waals surface area contributed by atoms with Gasteiger partial charge in [0.2, 0.25) is 0 Å². The van der Waals surface area contributed by atoms with Crippen LogP contribution >= 0.6 is 0 Å². The molecule has 0 amide bonds. The Balaban J connectivity index is 2.44. The highest BCUT2D eigenvalue weighted by atomic mass is 15.1. The molecule has 0 aromatic carbocycles. The molecule has 3 heteroatoms. The van der Waals surface area contributed by atoms with Gasteiger partial charge in [0.25, 0.3) is 0 Å². The minimum absolute atomic E-state index is 0.302. The molecular weight excluding hydrogens is 198 g/mol. The first-order chi connectivity index (χ1) is 7.53. The van der Waals surface area contributed by atoms with Crippen LogP contribution in [0, 0.1) is 5.41 Å². The van der Waals surface area contributed by atoms with Gasteiger partial charge in [-0.15, -0.1) is 0 Å². The fraction of sp³-hybridized carbons (Fsp3) is 0.615. The summed E-state index contributed by atoms with van der Waals surface area (Å²) >= 11 is 0. The Morgan fingerprint density at radius 1 is 1.31 bits per heavy atom. The SMILES string of the molecule is CNCC(C)(C)CN(C)Cc1ccncc1. The average Bonchev–Trinajstić information content (AvgIpc) is 2.17. The summed E-state index contributed by atoms with van der Waals surface area (Å²) in [6.07, 6.45) is 3.70. The van der Waals surface area contributed by atoms with Gasteiger partial charge >= 0.3 is 0 Å². The monoisotopic (exact) mass is 221 g/mol. The van der Waals surface area contributed by atoms with E-state index in [0.717, 1.165) is 19.6 Å². The van der Waals surface area contributed by atoms with Crippen molar-refractivity contribution >= 4 is 0 Å². The third-order valence-corrected chi connectivity index (χ3v) is 2.56. The van der Waals surface area contributed by atoms with Gasteiger partial charge in [-0.25, -0.2) is 0 Å². The molecule has 1 N–H and O–H groups in total. The maximum Gasteiger partial charge on any atom is 0.0271 e. The van der Waals surface area contributed by atoms with Crippen molar-refractivity contribution in [3.63, 3.8) is 0 Å². The summed E-state index contributed by atoms with van der Waals surface area (Å²) in [6, 6.07) is 4.14. The molecule has 0 saturated heterocycles. The normalized spacial score (nSPS) is 12.1. The lowest BCUT2D eigenvalue weighted by Gasteiger charge is -2.30. The first kappa shape index (κ1) is 13.1. The smallest absolute Gasteiger partial charge is 0.0271 e. The molecule has 3 nitrogen and oxygen atoms in total. The van der Waals surface area contributed by atoms with Crippen LogP contribution in [-0.2, 0) is 6.54 Å². The van der Waals surface area contributed by atoms with Crippen LogP contribution in [0.5, 0.6) is 0 Å². The van der Waals surface area contributed by atoms with Crippen molar-refractivity contribution in [1.82, 2.24) is 15.2 Å². The van der Waals surface area contributed by atoms with E-state index in [2.05, 4.69) is 48.2 Å². The highest BCUT2D eigenvalue weighted by molar-refractivity contribution is 5.09. The fourth-order valence-electron chi connectivity index (χ4n) is 2.12. The molecular formula is C13H23N3. The third-order valence-electron chi connectivity index (χ3n) is 2.56. The Hall–Kier alpha value is -0.930. The quantitative estimate of drug-likeness (QED) is 0.793. The summed E-state index contributed by atoms with van der Waals surface area (Å²) in [5, 5.41) is 3.24. The Bertz CT molecular complexity index is 295. The predicted molar refractivity (Wildman–Crippen MR) is 68.3 cm³/mol. The van der Waals surface area contributed by atoms with E-state index < -0.39 is 0 Å². The van der Waals surface area contributed by atoms with E-state index >= 15 is 0 Å². The van der Waals surface area contributed by atoms with Gasteiger partial charge in [0.1, 0.15) is 0 Å². The largest absolute Gasteiger partial charge is 0.319 e. The zero-order chi connectivity index (χ0) is 12.0. The molecule has 0 aliphatic rings. The maximum absolute atomic E-state index is 4.03. The Morgan fingerprint density at radius 2 is 1.94 bits per heavy atom.